The fraction of sp³-hybridized carbons (Fsp3) is 0.444. The molecule has 0 unspecified atom stereocenters. The van der Waals surface area contributed by atoms with E-state index in [9.17, 15) is 4.39 Å². The first-order valence-corrected chi connectivity index (χ1v) is 10.6. The molecule has 2 aromatic rings. The zero-order valence-electron chi connectivity index (χ0n) is 14.9. The van der Waals surface area contributed by atoms with Crippen LogP contribution in [0.3, 0.4) is 0 Å². The summed E-state index contributed by atoms with van der Waals surface area (Å²) in [7, 11) is 0. The number of thiazole rings is 1. The third-order valence-corrected chi connectivity index (χ3v) is 5.32. The van der Waals surface area contributed by atoms with Crippen molar-refractivity contribution in [3.05, 3.63) is 51.2 Å². The number of thioether (sulfide) groups is 1. The summed E-state index contributed by atoms with van der Waals surface area (Å²) in [6, 6.07) is 4.92. The first-order valence-electron chi connectivity index (χ1n) is 8.38. The van der Waals surface area contributed by atoms with Crippen LogP contribution in [0.1, 0.15) is 34.9 Å². The molecule has 0 aliphatic heterocycles. The van der Waals surface area contributed by atoms with Gasteiger partial charge in [0.05, 0.1) is 13.1 Å². The van der Waals surface area contributed by atoms with E-state index in [4.69, 9.17) is 0 Å². The van der Waals surface area contributed by atoms with Gasteiger partial charge in [-0.25, -0.2) is 14.4 Å². The molecule has 1 aromatic heterocycles. The number of benzene rings is 1. The molecule has 0 radical (unpaired) electrons. The molecule has 0 atom stereocenters. The Balaban J connectivity index is 2.03. The smallest absolute Gasteiger partial charge is 0.191 e. The maximum absolute atomic E-state index is 13.5. The van der Waals surface area contributed by atoms with E-state index in [1.165, 1.54) is 10.9 Å². The Hall–Kier alpha value is -1.60. The molecule has 2 rings (SSSR count). The second-order valence-electron chi connectivity index (χ2n) is 5.47. The molecule has 7 heteroatoms. The summed E-state index contributed by atoms with van der Waals surface area (Å²) >= 11 is 3.40. The van der Waals surface area contributed by atoms with Crippen LogP contribution in [0.15, 0.2) is 29.4 Å². The van der Waals surface area contributed by atoms with Gasteiger partial charge in [-0.3, -0.25) is 0 Å². The average molecular weight is 381 g/mol. The van der Waals surface area contributed by atoms with Gasteiger partial charge >= 0.3 is 0 Å². The molecule has 0 fully saturated rings. The molecule has 0 aliphatic carbocycles. The van der Waals surface area contributed by atoms with E-state index >= 15 is 0 Å². The Bertz CT molecular complexity index is 700. The van der Waals surface area contributed by atoms with Crippen LogP contribution in [-0.2, 0) is 25.3 Å². The maximum Gasteiger partial charge on any atom is 0.191 e. The first-order chi connectivity index (χ1) is 12.2. The van der Waals surface area contributed by atoms with E-state index in [1.54, 1.807) is 29.2 Å². The number of halogens is 1. The Labute approximate surface area is 157 Å². The number of aliphatic imine (C=N–C) groups is 1. The summed E-state index contributed by atoms with van der Waals surface area (Å²) in [5.74, 6) is 1.33. The number of nitrogens with one attached hydrogen (secondary N) is 2. The van der Waals surface area contributed by atoms with Gasteiger partial charge in [0.1, 0.15) is 10.8 Å². The summed E-state index contributed by atoms with van der Waals surface area (Å²) in [6.07, 6.45) is 4.95. The van der Waals surface area contributed by atoms with Gasteiger partial charge in [-0.2, -0.15) is 11.8 Å². The predicted molar refractivity (Wildman–Crippen MR) is 107 cm³/mol. The van der Waals surface area contributed by atoms with E-state index in [2.05, 4.69) is 27.5 Å². The first kappa shape index (κ1) is 19.7. The highest BCUT2D eigenvalue weighted by Gasteiger charge is 2.06. The summed E-state index contributed by atoms with van der Waals surface area (Å²) in [4.78, 5) is 10.3. The molecular formula is C18H25FN4S2. The van der Waals surface area contributed by atoms with Crippen molar-refractivity contribution in [2.24, 2.45) is 4.99 Å². The lowest BCUT2D eigenvalue weighted by Crippen LogP contribution is -2.36. The van der Waals surface area contributed by atoms with Gasteiger partial charge in [0.25, 0.3) is 0 Å². The van der Waals surface area contributed by atoms with E-state index in [1.807, 2.05) is 25.4 Å². The van der Waals surface area contributed by atoms with Gasteiger partial charge in [-0.15, -0.1) is 11.3 Å². The molecule has 4 nitrogen and oxygen atoms in total. The van der Waals surface area contributed by atoms with Crippen LogP contribution in [0.2, 0.25) is 0 Å². The highest BCUT2D eigenvalue weighted by atomic mass is 32.2. The molecule has 136 valence electrons. The Morgan fingerprint density at radius 2 is 2.12 bits per heavy atom. The summed E-state index contributed by atoms with van der Waals surface area (Å²) in [6.45, 7) is 6.12. The van der Waals surface area contributed by atoms with Gasteiger partial charge in [-0.05, 0) is 42.9 Å². The van der Waals surface area contributed by atoms with Gasteiger partial charge in [0.15, 0.2) is 5.96 Å². The predicted octanol–water partition coefficient (Wildman–Crippen LogP) is 3.96. The van der Waals surface area contributed by atoms with Crippen LogP contribution in [-0.4, -0.2) is 23.7 Å². The minimum atomic E-state index is -0.197. The SMILES string of the molecule is CCNC(=NCc1ccc(F)cc1CSC)NCc1ncc(CC)s1. The second-order valence-corrected chi connectivity index (χ2v) is 7.53. The lowest BCUT2D eigenvalue weighted by atomic mass is 10.1. The van der Waals surface area contributed by atoms with Crippen molar-refractivity contribution in [1.29, 1.82) is 0 Å². The molecule has 0 spiro atoms. The summed E-state index contributed by atoms with van der Waals surface area (Å²) in [5.41, 5.74) is 2.05. The number of aromatic nitrogens is 1. The number of nitrogens with zero attached hydrogens (tertiary/aromatic N) is 2. The van der Waals surface area contributed by atoms with Crippen LogP contribution in [0.4, 0.5) is 4.39 Å². The highest BCUT2D eigenvalue weighted by molar-refractivity contribution is 7.97. The molecular weight excluding hydrogens is 355 g/mol. The highest BCUT2D eigenvalue weighted by Crippen LogP contribution is 2.17. The molecule has 1 aromatic carbocycles. The monoisotopic (exact) mass is 380 g/mol. The zero-order chi connectivity index (χ0) is 18.1. The number of guanidine groups is 1. The zero-order valence-corrected chi connectivity index (χ0v) is 16.6. The largest absolute Gasteiger partial charge is 0.357 e. The average Bonchev–Trinajstić information content (AvgIpc) is 3.07. The minimum Gasteiger partial charge on any atom is -0.357 e. The summed E-state index contributed by atoms with van der Waals surface area (Å²) < 4.78 is 13.5. The van der Waals surface area contributed by atoms with E-state index in [0.29, 0.717) is 13.1 Å². The fourth-order valence-electron chi connectivity index (χ4n) is 2.30. The number of hydrogen-bond acceptors (Lipinski definition) is 4. The molecule has 0 saturated heterocycles. The normalized spacial score (nSPS) is 11.6. The van der Waals surface area contributed by atoms with Crippen LogP contribution in [0.5, 0.6) is 0 Å². The van der Waals surface area contributed by atoms with Crippen LogP contribution >= 0.6 is 23.1 Å². The van der Waals surface area contributed by atoms with Crippen molar-refractivity contribution < 1.29 is 4.39 Å². The Kier molecular flexibility index (Phi) is 8.21. The molecule has 0 amide bonds. The fourth-order valence-corrected chi connectivity index (χ4v) is 3.68. The molecule has 2 N–H and O–H groups in total. The van der Waals surface area contributed by atoms with Gasteiger partial charge < -0.3 is 10.6 Å². The Morgan fingerprint density at radius 1 is 1.28 bits per heavy atom. The molecule has 0 bridgehead atoms. The van der Waals surface area contributed by atoms with Crippen LogP contribution < -0.4 is 10.6 Å². The molecule has 0 saturated carbocycles. The molecule has 0 aliphatic rings. The lowest BCUT2D eigenvalue weighted by molar-refractivity contribution is 0.625. The third kappa shape index (κ3) is 6.32. The lowest BCUT2D eigenvalue weighted by Gasteiger charge is -2.11. The molecule has 1 heterocycles. The second kappa shape index (κ2) is 10.4. The number of aryl methyl sites for hydroxylation is 1. The Morgan fingerprint density at radius 3 is 2.80 bits per heavy atom. The topological polar surface area (TPSA) is 49.3 Å². The summed E-state index contributed by atoms with van der Waals surface area (Å²) in [5, 5.41) is 7.61. The van der Waals surface area contributed by atoms with E-state index in [-0.39, 0.29) is 5.82 Å². The van der Waals surface area contributed by atoms with Gasteiger partial charge in [-0.1, -0.05) is 13.0 Å². The quantitative estimate of drug-likeness (QED) is 0.538. The van der Waals surface area contributed by atoms with Crippen molar-refractivity contribution in [2.45, 2.75) is 39.1 Å². The third-order valence-electron chi connectivity index (χ3n) is 3.58. The molecule has 25 heavy (non-hydrogen) atoms. The number of rotatable bonds is 8. The van der Waals surface area contributed by atoms with Gasteiger partial charge in [0.2, 0.25) is 0 Å². The van der Waals surface area contributed by atoms with E-state index < -0.39 is 0 Å². The standard InChI is InChI=1S/C18H25FN4S2/c1-4-16-10-21-17(25-16)11-23-18(20-5-2)22-9-13-6-7-15(19)8-14(13)12-24-3/h6-8,10H,4-5,9,11-12H2,1-3H3,(H2,20,22,23). The van der Waals surface area contributed by atoms with Crippen molar-refractivity contribution in [1.82, 2.24) is 15.6 Å². The van der Waals surface area contributed by atoms with Crippen LogP contribution in [0, 0.1) is 5.82 Å². The van der Waals surface area contributed by atoms with Crippen molar-refractivity contribution in [2.75, 3.05) is 12.8 Å². The van der Waals surface area contributed by atoms with Crippen molar-refractivity contribution >= 4 is 29.1 Å². The van der Waals surface area contributed by atoms with Crippen molar-refractivity contribution in [3.8, 4) is 0 Å². The van der Waals surface area contributed by atoms with Gasteiger partial charge in [0, 0.05) is 23.4 Å². The van der Waals surface area contributed by atoms with Crippen LogP contribution in [0.25, 0.3) is 0 Å². The minimum absolute atomic E-state index is 0.197. The van der Waals surface area contributed by atoms with E-state index in [0.717, 1.165) is 40.8 Å². The number of hydrogen-bond donors (Lipinski definition) is 2. The van der Waals surface area contributed by atoms with Crippen molar-refractivity contribution in [3.63, 3.8) is 0 Å². The maximum atomic E-state index is 13.5.